The fourth-order valence-electron chi connectivity index (χ4n) is 0.706. The van der Waals surface area contributed by atoms with Gasteiger partial charge >= 0.3 is 23.9 Å². The predicted molar refractivity (Wildman–Crippen MR) is 105 cm³/mol. The number of hydrogen-bond donors (Lipinski definition) is 11. The summed E-state index contributed by atoms with van der Waals surface area (Å²) in [6, 6.07) is -3.99. The molecule has 0 fully saturated rings. The molecule has 1 amide bonds. The fraction of sp³-hybridized carbons (Fsp3) is 0.667. The third kappa shape index (κ3) is 29.4. The minimum absolute atomic E-state index is 0.0213. The molecule has 0 saturated heterocycles. The lowest BCUT2D eigenvalue weighted by atomic mass is 10.2. The molecule has 0 aromatic carbocycles. The zero-order valence-corrected chi connectivity index (χ0v) is 17.1. The predicted octanol–water partition coefficient (Wildman–Crippen LogP) is -4.75. The highest BCUT2D eigenvalue weighted by molar-refractivity contribution is 5.77. The van der Waals surface area contributed by atoms with Crippen LogP contribution in [0.2, 0.25) is 0 Å². The minimum atomic E-state index is -1.18. The lowest BCUT2D eigenvalue weighted by Gasteiger charge is -2.06. The van der Waals surface area contributed by atoms with E-state index in [2.05, 4.69) is 0 Å². The smallest absolute Gasteiger partial charge is 0.323 e. The Morgan fingerprint density at radius 1 is 0.742 bits per heavy atom. The second-order valence-electron chi connectivity index (χ2n) is 5.81. The molecule has 0 aliphatic heterocycles. The summed E-state index contributed by atoms with van der Waals surface area (Å²) in [6.07, 6.45) is -0.856. The highest BCUT2D eigenvalue weighted by Crippen LogP contribution is 1.92. The molecule has 16 nitrogen and oxygen atoms in total. The van der Waals surface area contributed by atoms with E-state index in [1.807, 2.05) is 0 Å². The molecule has 0 aromatic heterocycles. The van der Waals surface area contributed by atoms with Crippen LogP contribution in [0.15, 0.2) is 0 Å². The summed E-state index contributed by atoms with van der Waals surface area (Å²) in [6.45, 7) is 2.25. The summed E-state index contributed by atoms with van der Waals surface area (Å²) in [7, 11) is 0. The highest BCUT2D eigenvalue weighted by atomic mass is 16.4. The first-order valence-corrected chi connectivity index (χ1v) is 8.42. The molecule has 0 aromatic rings. The Kier molecular flexibility index (Phi) is 23.4. The number of aliphatic carboxylic acids is 4. The maximum absolute atomic E-state index is 10.1. The first kappa shape index (κ1) is 35.5. The molecule has 0 aliphatic rings. The SMILES string of the molecule is C[C@@H](O)[C@H](N)C(=O)O.C[C@H](N)C(=O)O.NC(=O)CC[C@H](N)C(=O)O.N[C@@H](CO)C(=O)O. The van der Waals surface area contributed by atoms with Crippen LogP contribution in [0.5, 0.6) is 0 Å². The van der Waals surface area contributed by atoms with Crippen LogP contribution in [-0.2, 0) is 24.0 Å². The van der Waals surface area contributed by atoms with Gasteiger partial charge < -0.3 is 59.3 Å². The lowest BCUT2D eigenvalue weighted by molar-refractivity contribution is -0.141. The molecule has 0 unspecified atom stereocenters. The van der Waals surface area contributed by atoms with Crippen LogP contribution in [0.25, 0.3) is 0 Å². The van der Waals surface area contributed by atoms with Crippen LogP contribution in [0.1, 0.15) is 26.7 Å². The molecule has 0 aliphatic carbocycles. The van der Waals surface area contributed by atoms with Gasteiger partial charge in [0.25, 0.3) is 0 Å². The molecule has 0 rings (SSSR count). The van der Waals surface area contributed by atoms with Gasteiger partial charge in [-0.25, -0.2) is 0 Å². The Bertz CT molecular complexity index is 557. The Morgan fingerprint density at radius 3 is 1.19 bits per heavy atom. The van der Waals surface area contributed by atoms with E-state index in [1.165, 1.54) is 13.8 Å². The molecule has 184 valence electrons. The fourth-order valence-corrected chi connectivity index (χ4v) is 0.706. The lowest BCUT2D eigenvalue weighted by Crippen LogP contribution is -2.39. The normalized spacial score (nSPS) is 14.2. The van der Waals surface area contributed by atoms with Crippen LogP contribution >= 0.6 is 0 Å². The zero-order valence-electron chi connectivity index (χ0n) is 17.1. The van der Waals surface area contributed by atoms with Crippen LogP contribution < -0.4 is 28.7 Å². The van der Waals surface area contributed by atoms with E-state index >= 15 is 0 Å². The number of hydrogen-bond acceptors (Lipinski definition) is 11. The molecule has 16 N–H and O–H groups in total. The molecule has 31 heavy (non-hydrogen) atoms. The van der Waals surface area contributed by atoms with Crippen LogP contribution in [-0.4, -0.2) is 97.3 Å². The number of amides is 1. The number of primary amides is 1. The van der Waals surface area contributed by atoms with Crippen molar-refractivity contribution in [2.45, 2.75) is 57.0 Å². The van der Waals surface area contributed by atoms with Crippen LogP contribution in [0.4, 0.5) is 0 Å². The van der Waals surface area contributed by atoms with E-state index in [-0.39, 0.29) is 12.8 Å². The van der Waals surface area contributed by atoms with Gasteiger partial charge in [-0.3, -0.25) is 24.0 Å². The van der Waals surface area contributed by atoms with Gasteiger partial charge in [0, 0.05) is 6.42 Å². The summed E-state index contributed by atoms with van der Waals surface area (Å²) in [5, 5.41) is 48.5. The van der Waals surface area contributed by atoms with Crippen molar-refractivity contribution in [3.05, 3.63) is 0 Å². The molecule has 0 bridgehead atoms. The average Bonchev–Trinajstić information content (AvgIpc) is 2.65. The largest absolute Gasteiger partial charge is 0.480 e. The third-order valence-corrected chi connectivity index (χ3v) is 2.73. The quantitative estimate of drug-likeness (QED) is 0.154. The summed E-state index contributed by atoms with van der Waals surface area (Å²) >= 11 is 0. The van der Waals surface area contributed by atoms with Gasteiger partial charge in [0.05, 0.1) is 12.7 Å². The van der Waals surface area contributed by atoms with Crippen molar-refractivity contribution < 1.29 is 54.6 Å². The van der Waals surface area contributed by atoms with Gasteiger partial charge in [-0.15, -0.1) is 0 Å². The number of rotatable bonds is 9. The van der Waals surface area contributed by atoms with E-state index in [4.69, 9.17) is 59.3 Å². The Balaban J connectivity index is -0.000000160. The van der Waals surface area contributed by atoms with Crippen LogP contribution in [0, 0.1) is 0 Å². The van der Waals surface area contributed by atoms with Gasteiger partial charge in [-0.2, -0.15) is 0 Å². The summed E-state index contributed by atoms with van der Waals surface area (Å²) in [5.41, 5.74) is 24.3. The van der Waals surface area contributed by atoms with E-state index < -0.39 is 66.7 Å². The summed E-state index contributed by atoms with van der Waals surface area (Å²) in [4.78, 5) is 49.2. The summed E-state index contributed by atoms with van der Waals surface area (Å²) < 4.78 is 0. The van der Waals surface area contributed by atoms with Crippen molar-refractivity contribution >= 4 is 29.8 Å². The Hall–Kier alpha value is -2.89. The van der Waals surface area contributed by atoms with Crippen LogP contribution in [0.3, 0.4) is 0 Å². The van der Waals surface area contributed by atoms with Gasteiger partial charge in [0.2, 0.25) is 5.91 Å². The van der Waals surface area contributed by atoms with E-state index in [9.17, 15) is 24.0 Å². The molecule has 5 atom stereocenters. The first-order valence-electron chi connectivity index (χ1n) is 8.42. The van der Waals surface area contributed by atoms with E-state index in [1.54, 1.807) is 0 Å². The number of aliphatic hydroxyl groups excluding tert-OH is 2. The van der Waals surface area contributed by atoms with Crippen molar-refractivity contribution in [1.82, 2.24) is 0 Å². The molecule has 0 spiro atoms. The van der Waals surface area contributed by atoms with E-state index in [0.717, 1.165) is 0 Å². The van der Waals surface area contributed by atoms with Gasteiger partial charge in [0.15, 0.2) is 0 Å². The van der Waals surface area contributed by atoms with Crippen molar-refractivity contribution in [2.24, 2.45) is 28.7 Å². The second-order valence-corrected chi connectivity index (χ2v) is 5.81. The molecular formula is C15H33N5O11. The monoisotopic (exact) mass is 459 g/mol. The van der Waals surface area contributed by atoms with Crippen molar-refractivity contribution in [3.63, 3.8) is 0 Å². The Morgan fingerprint density at radius 2 is 1.10 bits per heavy atom. The number of aliphatic hydroxyl groups is 2. The number of carbonyl (C=O) groups is 5. The minimum Gasteiger partial charge on any atom is -0.480 e. The molecule has 0 heterocycles. The van der Waals surface area contributed by atoms with Crippen molar-refractivity contribution in [1.29, 1.82) is 0 Å². The molecular weight excluding hydrogens is 426 g/mol. The number of carbonyl (C=O) groups excluding carboxylic acids is 1. The van der Waals surface area contributed by atoms with Gasteiger partial charge in [-0.1, -0.05) is 0 Å². The van der Waals surface area contributed by atoms with Gasteiger partial charge in [0.1, 0.15) is 24.2 Å². The van der Waals surface area contributed by atoms with E-state index in [0.29, 0.717) is 0 Å². The molecule has 0 saturated carbocycles. The number of nitrogens with two attached hydrogens (primary N) is 5. The Labute approximate surface area is 177 Å². The highest BCUT2D eigenvalue weighted by Gasteiger charge is 2.16. The second kappa shape index (κ2) is 20.4. The third-order valence-electron chi connectivity index (χ3n) is 2.73. The molecule has 16 heteroatoms. The topological polar surface area (TPSA) is 337 Å². The van der Waals surface area contributed by atoms with Crippen molar-refractivity contribution in [2.75, 3.05) is 6.61 Å². The first-order chi connectivity index (χ1) is 13.9. The van der Waals surface area contributed by atoms with Crippen molar-refractivity contribution in [3.8, 4) is 0 Å². The molecule has 0 radical (unpaired) electrons. The average molecular weight is 459 g/mol. The maximum atomic E-state index is 10.1. The summed E-state index contributed by atoms with van der Waals surface area (Å²) in [5.74, 6) is -4.96. The number of carboxylic acid groups (broad SMARTS) is 4. The van der Waals surface area contributed by atoms with Gasteiger partial charge in [-0.05, 0) is 20.3 Å². The standard InChI is InChI=1S/C5H10N2O3.C4H9NO3.C3H7NO3.C3H7NO2/c6-3(5(9)10)1-2-4(7)8;1-2(6)3(5)4(7)8;4-2(1-5)3(6)7;1-2(4)3(5)6/h3H,1-2,6H2,(H2,7,8)(H,9,10);2-3,6H,5H2,1H3,(H,7,8);2,5H,1,4H2,(H,6,7);2H,4H2,1H3,(H,5,6)/t3-;2-,3+;2*2-/m0100/s1. The number of carboxylic acids is 4. The zero-order chi connectivity index (χ0) is 25.9. The maximum Gasteiger partial charge on any atom is 0.323 e.